The van der Waals surface area contributed by atoms with E-state index in [0.29, 0.717) is 10.6 Å². The van der Waals surface area contributed by atoms with Crippen LogP contribution in [0, 0.1) is 0 Å². The summed E-state index contributed by atoms with van der Waals surface area (Å²) in [7, 11) is 1.68. The van der Waals surface area contributed by atoms with Crippen molar-refractivity contribution in [3.8, 4) is 0 Å². The van der Waals surface area contributed by atoms with Crippen molar-refractivity contribution < 1.29 is 8.42 Å². The molecular weight excluding hydrogens is 281 g/mol. The Hall–Kier alpha value is -0.450. The van der Waals surface area contributed by atoms with Crippen LogP contribution >= 0.6 is 22.3 Å². The van der Waals surface area contributed by atoms with Crippen molar-refractivity contribution in [2.45, 2.75) is 18.6 Å². The predicted octanol–water partition coefficient (Wildman–Crippen LogP) is 3.01. The number of anilines is 1. The Morgan fingerprint density at radius 3 is 2.41 bits per heavy atom. The summed E-state index contributed by atoms with van der Waals surface area (Å²) < 4.78 is 21.9. The summed E-state index contributed by atoms with van der Waals surface area (Å²) >= 11 is 6.16. The van der Waals surface area contributed by atoms with E-state index in [1.165, 1.54) is 12.8 Å². The highest BCUT2D eigenvalue weighted by Crippen LogP contribution is 2.30. The van der Waals surface area contributed by atoms with Crippen LogP contribution in [0.25, 0.3) is 0 Å². The summed E-state index contributed by atoms with van der Waals surface area (Å²) in [6.45, 7) is 2.01. The first-order chi connectivity index (χ1) is 7.96. The molecule has 1 aliphatic heterocycles. The van der Waals surface area contributed by atoms with Crippen LogP contribution in [0.4, 0.5) is 5.69 Å². The van der Waals surface area contributed by atoms with E-state index in [9.17, 15) is 8.42 Å². The molecule has 0 amide bonds. The first-order valence-corrected chi connectivity index (χ1v) is 8.27. The zero-order valence-electron chi connectivity index (χ0n) is 9.20. The molecule has 0 saturated carbocycles. The highest BCUT2D eigenvalue weighted by molar-refractivity contribution is 8.13. The Kier molecular flexibility index (Phi) is 3.85. The molecule has 1 aromatic carbocycles. The molecule has 0 aromatic heterocycles. The lowest BCUT2D eigenvalue weighted by molar-refractivity contribution is 0.609. The number of rotatable bonds is 3. The third-order valence-electron chi connectivity index (χ3n) is 2.80. The largest absolute Gasteiger partial charge is 0.370 e. The van der Waals surface area contributed by atoms with E-state index in [2.05, 4.69) is 4.90 Å². The second-order valence-electron chi connectivity index (χ2n) is 4.16. The molecule has 1 heterocycles. The van der Waals surface area contributed by atoms with Gasteiger partial charge in [0.05, 0.1) is 16.5 Å². The molecule has 0 aliphatic carbocycles. The van der Waals surface area contributed by atoms with E-state index in [1.54, 1.807) is 12.1 Å². The van der Waals surface area contributed by atoms with Gasteiger partial charge in [0.15, 0.2) is 0 Å². The van der Waals surface area contributed by atoms with Gasteiger partial charge in [0, 0.05) is 23.8 Å². The Labute approximate surface area is 111 Å². The second kappa shape index (κ2) is 5.04. The minimum Gasteiger partial charge on any atom is -0.370 e. The van der Waals surface area contributed by atoms with E-state index >= 15 is 0 Å². The summed E-state index contributed by atoms with van der Waals surface area (Å²) in [4.78, 5) is 2.21. The Bertz CT molecular complexity index is 510. The molecule has 0 unspecified atom stereocenters. The standard InChI is InChI=1S/C11H13Cl2NO2S/c12-10-7-9(8-17(13,15)16)3-4-11(10)14-5-1-2-6-14/h3-4,7H,1-2,5-6,8H2. The van der Waals surface area contributed by atoms with Crippen LogP contribution in [0.5, 0.6) is 0 Å². The summed E-state index contributed by atoms with van der Waals surface area (Å²) in [5.41, 5.74) is 1.59. The van der Waals surface area contributed by atoms with Crippen LogP contribution in [-0.4, -0.2) is 21.5 Å². The minimum absolute atomic E-state index is 0.186. The molecule has 6 heteroatoms. The van der Waals surface area contributed by atoms with E-state index in [1.807, 2.05) is 6.07 Å². The Morgan fingerprint density at radius 2 is 1.88 bits per heavy atom. The second-order valence-corrected chi connectivity index (χ2v) is 7.35. The summed E-state index contributed by atoms with van der Waals surface area (Å²) in [6, 6.07) is 5.31. The first-order valence-electron chi connectivity index (χ1n) is 5.41. The summed E-state index contributed by atoms with van der Waals surface area (Å²) in [5, 5.41) is 0.588. The quantitative estimate of drug-likeness (QED) is 0.804. The maximum absolute atomic E-state index is 11.0. The minimum atomic E-state index is -3.53. The van der Waals surface area contributed by atoms with Crippen LogP contribution in [0.1, 0.15) is 18.4 Å². The van der Waals surface area contributed by atoms with Gasteiger partial charge in [-0.25, -0.2) is 8.42 Å². The fourth-order valence-electron chi connectivity index (χ4n) is 2.05. The monoisotopic (exact) mass is 293 g/mol. The smallest absolute Gasteiger partial charge is 0.236 e. The molecular formula is C11H13Cl2NO2S. The fourth-order valence-corrected chi connectivity index (χ4v) is 3.33. The maximum Gasteiger partial charge on any atom is 0.236 e. The lowest BCUT2D eigenvalue weighted by Crippen LogP contribution is -2.17. The van der Waals surface area contributed by atoms with E-state index < -0.39 is 9.05 Å². The molecule has 1 saturated heterocycles. The van der Waals surface area contributed by atoms with Crippen LogP contribution in [0.15, 0.2) is 18.2 Å². The van der Waals surface area contributed by atoms with Gasteiger partial charge >= 0.3 is 0 Å². The first kappa shape index (κ1) is 13.0. The summed E-state index contributed by atoms with van der Waals surface area (Å²) in [6.07, 6.45) is 2.35. The zero-order valence-corrected chi connectivity index (χ0v) is 11.5. The van der Waals surface area contributed by atoms with Gasteiger partial charge in [0.2, 0.25) is 9.05 Å². The van der Waals surface area contributed by atoms with Gasteiger partial charge in [-0.1, -0.05) is 17.7 Å². The van der Waals surface area contributed by atoms with Gasteiger partial charge < -0.3 is 4.90 Å². The number of benzene rings is 1. The van der Waals surface area contributed by atoms with Crippen molar-refractivity contribution in [2.24, 2.45) is 0 Å². The third kappa shape index (κ3) is 3.50. The molecule has 2 rings (SSSR count). The fraction of sp³-hybridized carbons (Fsp3) is 0.455. The molecule has 3 nitrogen and oxygen atoms in total. The van der Waals surface area contributed by atoms with E-state index in [0.717, 1.165) is 18.8 Å². The van der Waals surface area contributed by atoms with Crippen molar-refractivity contribution in [3.05, 3.63) is 28.8 Å². The lowest BCUT2D eigenvalue weighted by atomic mass is 10.2. The number of nitrogens with zero attached hydrogens (tertiary/aromatic N) is 1. The number of halogens is 2. The molecule has 0 radical (unpaired) electrons. The van der Waals surface area contributed by atoms with Gasteiger partial charge in [-0.2, -0.15) is 0 Å². The molecule has 17 heavy (non-hydrogen) atoms. The zero-order chi connectivity index (χ0) is 12.5. The van der Waals surface area contributed by atoms with Crippen molar-refractivity contribution >= 4 is 37.0 Å². The average Bonchev–Trinajstić information content (AvgIpc) is 2.68. The van der Waals surface area contributed by atoms with Gasteiger partial charge in [0.25, 0.3) is 0 Å². The molecule has 0 spiro atoms. The molecule has 94 valence electrons. The molecule has 0 atom stereocenters. The average molecular weight is 294 g/mol. The summed E-state index contributed by atoms with van der Waals surface area (Å²) in [5.74, 6) is -0.186. The van der Waals surface area contributed by atoms with Crippen molar-refractivity contribution in [1.82, 2.24) is 0 Å². The van der Waals surface area contributed by atoms with Crippen molar-refractivity contribution in [3.63, 3.8) is 0 Å². The Morgan fingerprint density at radius 1 is 1.24 bits per heavy atom. The van der Waals surface area contributed by atoms with E-state index in [4.69, 9.17) is 22.3 Å². The normalized spacial score (nSPS) is 16.5. The molecule has 0 N–H and O–H groups in total. The molecule has 1 aliphatic rings. The van der Waals surface area contributed by atoms with Gasteiger partial charge in [-0.3, -0.25) is 0 Å². The van der Waals surface area contributed by atoms with Crippen LogP contribution in [-0.2, 0) is 14.8 Å². The van der Waals surface area contributed by atoms with Crippen molar-refractivity contribution in [2.75, 3.05) is 18.0 Å². The number of hydrogen-bond acceptors (Lipinski definition) is 3. The van der Waals surface area contributed by atoms with Crippen LogP contribution in [0.3, 0.4) is 0 Å². The van der Waals surface area contributed by atoms with Crippen LogP contribution < -0.4 is 4.90 Å². The molecule has 1 aromatic rings. The number of hydrogen-bond donors (Lipinski definition) is 0. The highest BCUT2D eigenvalue weighted by atomic mass is 35.7. The van der Waals surface area contributed by atoms with Gasteiger partial charge in [0.1, 0.15) is 0 Å². The van der Waals surface area contributed by atoms with Gasteiger partial charge in [-0.05, 0) is 30.5 Å². The van der Waals surface area contributed by atoms with Crippen molar-refractivity contribution in [1.29, 1.82) is 0 Å². The highest BCUT2D eigenvalue weighted by Gasteiger charge is 2.16. The maximum atomic E-state index is 11.0. The molecule has 0 bridgehead atoms. The third-order valence-corrected chi connectivity index (χ3v) is 4.11. The lowest BCUT2D eigenvalue weighted by Gasteiger charge is -2.19. The van der Waals surface area contributed by atoms with Gasteiger partial charge in [-0.15, -0.1) is 0 Å². The SMILES string of the molecule is O=S(=O)(Cl)Cc1ccc(N2CCCC2)c(Cl)c1. The topological polar surface area (TPSA) is 37.4 Å². The predicted molar refractivity (Wildman–Crippen MR) is 71.4 cm³/mol. The van der Waals surface area contributed by atoms with Crippen LogP contribution in [0.2, 0.25) is 5.02 Å². The molecule has 1 fully saturated rings. The Balaban J connectivity index is 2.22. The van der Waals surface area contributed by atoms with E-state index in [-0.39, 0.29) is 5.75 Å².